The summed E-state index contributed by atoms with van der Waals surface area (Å²) in [5.41, 5.74) is 1.56. The van der Waals surface area contributed by atoms with Crippen LogP contribution in [0.4, 0.5) is 0 Å². The number of carbonyl (C=O) groups is 2. The van der Waals surface area contributed by atoms with Crippen molar-refractivity contribution in [2.75, 3.05) is 13.2 Å². The second kappa shape index (κ2) is 5.24. The average molecular weight is 279 g/mol. The predicted molar refractivity (Wildman–Crippen MR) is 67.8 cm³/mol. The van der Waals surface area contributed by atoms with Gasteiger partial charge in [-0.3, -0.25) is 4.79 Å². The maximum absolute atomic E-state index is 12.5. The van der Waals surface area contributed by atoms with Crippen LogP contribution in [0.2, 0.25) is 0 Å². The van der Waals surface area contributed by atoms with Crippen molar-refractivity contribution in [3.05, 3.63) is 17.7 Å². The number of hydrogen-bond acceptors (Lipinski definition) is 4. The molecule has 1 saturated heterocycles. The molecule has 0 aliphatic carbocycles. The summed E-state index contributed by atoms with van der Waals surface area (Å²) in [5.74, 6) is -1.34. The Hall–Kier alpha value is -1.89. The molecule has 20 heavy (non-hydrogen) atoms. The molecule has 0 radical (unpaired) electrons. The third-order valence-electron chi connectivity index (χ3n) is 3.98. The summed E-state index contributed by atoms with van der Waals surface area (Å²) < 4.78 is 5.33. The van der Waals surface area contributed by atoms with Crippen LogP contribution >= 0.6 is 0 Å². The number of hydrogen-bond donors (Lipinski definition) is 2. The number of aromatic nitrogens is 2. The number of H-pyrrole nitrogens is 1. The molecular weight excluding hydrogens is 262 g/mol. The van der Waals surface area contributed by atoms with Crippen molar-refractivity contribution >= 4 is 11.9 Å². The van der Waals surface area contributed by atoms with E-state index in [1.54, 1.807) is 6.33 Å². The maximum atomic E-state index is 12.5. The van der Waals surface area contributed by atoms with E-state index in [0.717, 1.165) is 24.2 Å². The highest BCUT2D eigenvalue weighted by atomic mass is 16.5. The minimum atomic E-state index is -0.983. The van der Waals surface area contributed by atoms with E-state index in [4.69, 9.17) is 4.74 Å². The van der Waals surface area contributed by atoms with Crippen molar-refractivity contribution in [2.24, 2.45) is 5.92 Å². The van der Waals surface area contributed by atoms with Crippen LogP contribution in [-0.2, 0) is 27.3 Å². The number of fused-ring (bicyclic) bond motifs is 1. The molecule has 1 fully saturated rings. The lowest BCUT2D eigenvalue weighted by atomic mass is 9.96. The van der Waals surface area contributed by atoms with Gasteiger partial charge in [0.05, 0.1) is 36.8 Å². The fraction of sp³-hybridized carbons (Fsp3) is 0.615. The number of carboxylic acid groups (broad SMARTS) is 1. The van der Waals surface area contributed by atoms with Gasteiger partial charge in [-0.2, -0.15) is 0 Å². The van der Waals surface area contributed by atoms with Crippen molar-refractivity contribution in [3.8, 4) is 0 Å². The number of carbonyl (C=O) groups excluding carboxylic acids is 1. The van der Waals surface area contributed by atoms with Crippen LogP contribution in [0.3, 0.4) is 0 Å². The topological polar surface area (TPSA) is 95.5 Å². The second-order valence-corrected chi connectivity index (χ2v) is 5.27. The van der Waals surface area contributed by atoms with E-state index in [1.807, 2.05) is 0 Å². The first kappa shape index (κ1) is 13.1. The van der Waals surface area contributed by atoms with Crippen LogP contribution in [0.5, 0.6) is 0 Å². The van der Waals surface area contributed by atoms with Gasteiger partial charge >= 0.3 is 5.97 Å². The minimum Gasteiger partial charge on any atom is -0.480 e. The highest BCUT2D eigenvalue weighted by Crippen LogP contribution is 2.25. The lowest BCUT2D eigenvalue weighted by Crippen LogP contribution is -2.51. The number of amides is 1. The van der Waals surface area contributed by atoms with E-state index in [9.17, 15) is 14.7 Å². The molecule has 2 atom stereocenters. The number of nitrogens with zero attached hydrogens (tertiary/aromatic N) is 2. The van der Waals surface area contributed by atoms with Gasteiger partial charge in [-0.05, 0) is 12.8 Å². The van der Waals surface area contributed by atoms with Gasteiger partial charge in [0.25, 0.3) is 0 Å². The Bertz CT molecular complexity index is 521. The molecule has 1 aromatic heterocycles. The van der Waals surface area contributed by atoms with Crippen LogP contribution in [0.25, 0.3) is 0 Å². The van der Waals surface area contributed by atoms with E-state index in [-0.39, 0.29) is 24.8 Å². The van der Waals surface area contributed by atoms with E-state index < -0.39 is 12.0 Å². The Labute approximate surface area is 115 Å². The number of nitrogens with one attached hydrogen (secondary N) is 1. The molecule has 3 heterocycles. The summed E-state index contributed by atoms with van der Waals surface area (Å²) in [6, 6.07) is -0.833. The summed E-state index contributed by atoms with van der Waals surface area (Å²) in [4.78, 5) is 32.5. The molecule has 0 aromatic carbocycles. The van der Waals surface area contributed by atoms with E-state index in [1.165, 1.54) is 4.90 Å². The third kappa shape index (κ3) is 2.29. The molecule has 2 N–H and O–H groups in total. The van der Waals surface area contributed by atoms with Gasteiger partial charge in [0.1, 0.15) is 6.04 Å². The van der Waals surface area contributed by atoms with Crippen LogP contribution < -0.4 is 0 Å². The Morgan fingerprint density at radius 2 is 2.35 bits per heavy atom. The zero-order valence-electron chi connectivity index (χ0n) is 11.0. The fourth-order valence-electron chi connectivity index (χ4n) is 2.86. The van der Waals surface area contributed by atoms with Crippen LogP contribution in [-0.4, -0.2) is 51.1 Å². The third-order valence-corrected chi connectivity index (χ3v) is 3.98. The van der Waals surface area contributed by atoms with Gasteiger partial charge in [0.2, 0.25) is 5.91 Å². The SMILES string of the molecule is O=C(O)C1Cc2nc[nH]c2CN1C(=O)C1CCCOC1. The normalized spacial score (nSPS) is 26.1. The molecule has 1 aromatic rings. The zero-order valence-corrected chi connectivity index (χ0v) is 11.0. The lowest BCUT2D eigenvalue weighted by molar-refractivity contribution is -0.155. The van der Waals surface area contributed by atoms with Crippen molar-refractivity contribution in [3.63, 3.8) is 0 Å². The monoisotopic (exact) mass is 279 g/mol. The number of carboxylic acids is 1. The molecule has 2 unspecified atom stereocenters. The van der Waals surface area contributed by atoms with Crippen molar-refractivity contribution < 1.29 is 19.4 Å². The Morgan fingerprint density at radius 3 is 3.05 bits per heavy atom. The van der Waals surface area contributed by atoms with E-state index in [2.05, 4.69) is 9.97 Å². The van der Waals surface area contributed by atoms with Gasteiger partial charge in [-0.15, -0.1) is 0 Å². The Morgan fingerprint density at radius 1 is 1.50 bits per heavy atom. The van der Waals surface area contributed by atoms with Gasteiger partial charge in [0, 0.05) is 13.0 Å². The van der Waals surface area contributed by atoms with Gasteiger partial charge in [-0.25, -0.2) is 9.78 Å². The first-order chi connectivity index (χ1) is 9.66. The molecule has 0 bridgehead atoms. The molecule has 0 spiro atoms. The molecule has 7 nitrogen and oxygen atoms in total. The first-order valence-electron chi connectivity index (χ1n) is 6.79. The Balaban J connectivity index is 1.82. The molecule has 2 aliphatic heterocycles. The van der Waals surface area contributed by atoms with Crippen LogP contribution in [0.15, 0.2) is 6.33 Å². The average Bonchev–Trinajstić information content (AvgIpc) is 2.93. The summed E-state index contributed by atoms with van der Waals surface area (Å²) in [5, 5.41) is 9.36. The number of aromatic amines is 1. The number of imidazole rings is 1. The molecule has 108 valence electrons. The van der Waals surface area contributed by atoms with Crippen molar-refractivity contribution in [1.29, 1.82) is 0 Å². The van der Waals surface area contributed by atoms with Gasteiger partial charge < -0.3 is 19.7 Å². The second-order valence-electron chi connectivity index (χ2n) is 5.27. The quantitative estimate of drug-likeness (QED) is 0.805. The van der Waals surface area contributed by atoms with Crippen LogP contribution in [0.1, 0.15) is 24.2 Å². The summed E-state index contributed by atoms with van der Waals surface area (Å²) >= 11 is 0. The molecule has 3 rings (SSSR count). The highest BCUT2D eigenvalue weighted by Gasteiger charge is 2.38. The largest absolute Gasteiger partial charge is 0.480 e. The van der Waals surface area contributed by atoms with Crippen LogP contribution in [0, 0.1) is 5.92 Å². The van der Waals surface area contributed by atoms with Gasteiger partial charge in [-0.1, -0.05) is 0 Å². The number of rotatable bonds is 2. The summed E-state index contributed by atoms with van der Waals surface area (Å²) in [6.07, 6.45) is 3.41. The predicted octanol–water partition coefficient (Wildman–Crippen LogP) is 0.174. The number of ether oxygens (including phenoxy) is 1. The molecule has 7 heteroatoms. The van der Waals surface area contributed by atoms with Crippen molar-refractivity contribution in [1.82, 2.24) is 14.9 Å². The fourth-order valence-corrected chi connectivity index (χ4v) is 2.86. The van der Waals surface area contributed by atoms with E-state index in [0.29, 0.717) is 13.2 Å². The summed E-state index contributed by atoms with van der Waals surface area (Å²) in [6.45, 7) is 1.34. The van der Waals surface area contributed by atoms with E-state index >= 15 is 0 Å². The number of aliphatic carboxylic acids is 1. The smallest absolute Gasteiger partial charge is 0.326 e. The minimum absolute atomic E-state index is 0.127. The Kier molecular flexibility index (Phi) is 3.43. The zero-order chi connectivity index (χ0) is 14.1. The highest BCUT2D eigenvalue weighted by molar-refractivity contribution is 5.85. The molecular formula is C13H17N3O4. The maximum Gasteiger partial charge on any atom is 0.326 e. The molecule has 1 amide bonds. The summed E-state index contributed by atoms with van der Waals surface area (Å²) in [7, 11) is 0. The lowest BCUT2D eigenvalue weighted by Gasteiger charge is -2.35. The molecule has 2 aliphatic rings. The first-order valence-corrected chi connectivity index (χ1v) is 6.79. The standard InChI is InChI=1S/C13H17N3O4/c17-12(8-2-1-3-20-6-8)16-5-10-9(14-7-15-10)4-11(16)13(18)19/h7-8,11H,1-6H2,(H,14,15)(H,18,19). The van der Waals surface area contributed by atoms with Gasteiger partial charge in [0.15, 0.2) is 0 Å². The van der Waals surface area contributed by atoms with Crippen molar-refractivity contribution in [2.45, 2.75) is 31.8 Å². The molecule has 0 saturated carbocycles.